The molecule has 0 bridgehead atoms. The minimum atomic E-state index is -3.48. The molecule has 0 aliphatic carbocycles. The van der Waals surface area contributed by atoms with Crippen LogP contribution in [0.15, 0.2) is 36.8 Å². The summed E-state index contributed by atoms with van der Waals surface area (Å²) in [6.45, 7) is 0.975. The van der Waals surface area contributed by atoms with E-state index in [1.165, 1.54) is 4.31 Å². The average Bonchev–Trinajstić information content (AvgIpc) is 3.20. The van der Waals surface area contributed by atoms with E-state index >= 15 is 0 Å². The number of H-pyrrole nitrogens is 1. The molecule has 1 saturated heterocycles. The van der Waals surface area contributed by atoms with Crippen molar-refractivity contribution in [3.8, 4) is 17.3 Å². The topological polar surface area (TPSA) is 116 Å². The summed E-state index contributed by atoms with van der Waals surface area (Å²) in [5, 5.41) is 8.76. The van der Waals surface area contributed by atoms with Gasteiger partial charge in [0.2, 0.25) is 10.0 Å². The van der Waals surface area contributed by atoms with Gasteiger partial charge in [-0.25, -0.2) is 22.7 Å². The highest BCUT2D eigenvalue weighted by molar-refractivity contribution is 7.89. The third-order valence-electron chi connectivity index (χ3n) is 5.34. The van der Waals surface area contributed by atoms with Crippen molar-refractivity contribution in [3.63, 3.8) is 0 Å². The largest absolute Gasteiger partial charge is 0.345 e. The van der Waals surface area contributed by atoms with Crippen LogP contribution >= 0.6 is 0 Å². The first-order chi connectivity index (χ1) is 14.1. The molecule has 8 nitrogen and oxygen atoms in total. The molecule has 1 atom stereocenters. The van der Waals surface area contributed by atoms with E-state index in [1.54, 1.807) is 18.5 Å². The van der Waals surface area contributed by atoms with Crippen LogP contribution in [0.25, 0.3) is 22.4 Å². The van der Waals surface area contributed by atoms with Crippen molar-refractivity contribution in [3.05, 3.63) is 42.5 Å². The Bertz CT molecular complexity index is 1150. The summed E-state index contributed by atoms with van der Waals surface area (Å²) in [5.74, 6) is -0.199. The number of aromatic amines is 1. The molecule has 0 saturated carbocycles. The Kier molecular flexibility index (Phi) is 5.56. The van der Waals surface area contributed by atoms with Crippen molar-refractivity contribution in [2.24, 2.45) is 5.92 Å². The second-order valence-corrected chi connectivity index (χ2v) is 9.25. The van der Waals surface area contributed by atoms with E-state index in [9.17, 15) is 8.42 Å². The van der Waals surface area contributed by atoms with Gasteiger partial charge in [0.25, 0.3) is 0 Å². The van der Waals surface area contributed by atoms with Gasteiger partial charge in [0.05, 0.1) is 18.0 Å². The van der Waals surface area contributed by atoms with E-state index in [2.05, 4.69) is 19.9 Å². The molecule has 150 valence electrons. The number of aromatic nitrogens is 4. The quantitative estimate of drug-likeness (QED) is 0.667. The van der Waals surface area contributed by atoms with Gasteiger partial charge in [0.1, 0.15) is 5.52 Å². The standard InChI is InChI=1S/C20H22N6O2S/c21-8-12-29(27,28)26-11-2-3-15(14-26)5-6-17-16(4-1-9-22-17)19-13-24-20-18(25-19)7-10-23-20/h1,4,7,9-10,13,15H,2-3,5-6,11-12,14H2,(H,23,24)/t15-/m1/s1. The number of nitriles is 1. The molecule has 0 spiro atoms. The Morgan fingerprint density at radius 3 is 3.07 bits per heavy atom. The molecule has 0 unspecified atom stereocenters. The van der Waals surface area contributed by atoms with Crippen molar-refractivity contribution in [1.82, 2.24) is 24.2 Å². The molecule has 3 aromatic heterocycles. The van der Waals surface area contributed by atoms with Gasteiger partial charge in [-0.1, -0.05) is 0 Å². The smallest absolute Gasteiger partial charge is 0.227 e. The highest BCUT2D eigenvalue weighted by Gasteiger charge is 2.28. The number of piperidine rings is 1. The molecule has 1 aliphatic rings. The van der Waals surface area contributed by atoms with Crippen molar-refractivity contribution >= 4 is 21.2 Å². The Hall–Kier alpha value is -2.83. The molecule has 29 heavy (non-hydrogen) atoms. The molecule has 1 aliphatic heterocycles. The first kappa shape index (κ1) is 19.5. The lowest BCUT2D eigenvalue weighted by molar-refractivity contribution is 0.256. The van der Waals surface area contributed by atoms with Crippen LogP contribution in [0.3, 0.4) is 0 Å². The summed E-state index contributed by atoms with van der Waals surface area (Å²) in [6.07, 6.45) is 8.70. The lowest BCUT2D eigenvalue weighted by Gasteiger charge is -2.31. The fourth-order valence-electron chi connectivity index (χ4n) is 3.86. The van der Waals surface area contributed by atoms with Gasteiger partial charge in [-0.2, -0.15) is 5.26 Å². The van der Waals surface area contributed by atoms with Crippen LogP contribution in [0, 0.1) is 17.2 Å². The highest BCUT2D eigenvalue weighted by Crippen LogP contribution is 2.27. The third-order valence-corrected chi connectivity index (χ3v) is 6.95. The molecule has 4 rings (SSSR count). The van der Waals surface area contributed by atoms with Gasteiger partial charge in [-0.05, 0) is 49.8 Å². The number of nitrogens with one attached hydrogen (secondary N) is 1. The normalized spacial score (nSPS) is 18.0. The van der Waals surface area contributed by atoms with E-state index in [0.29, 0.717) is 13.1 Å². The summed E-state index contributed by atoms with van der Waals surface area (Å²) in [6, 6.07) is 7.53. The average molecular weight is 411 g/mol. The predicted octanol–water partition coefficient (Wildman–Crippen LogP) is 2.52. The molecule has 0 aromatic carbocycles. The number of fused-ring (bicyclic) bond motifs is 1. The lowest BCUT2D eigenvalue weighted by atomic mass is 9.92. The molecule has 0 amide bonds. The van der Waals surface area contributed by atoms with Crippen molar-refractivity contribution in [1.29, 1.82) is 5.26 Å². The first-order valence-corrected chi connectivity index (χ1v) is 11.3. The zero-order chi connectivity index (χ0) is 20.3. The zero-order valence-electron chi connectivity index (χ0n) is 16.0. The number of sulfonamides is 1. The summed E-state index contributed by atoms with van der Waals surface area (Å²) in [5.41, 5.74) is 4.23. The number of aryl methyl sites for hydroxylation is 1. The van der Waals surface area contributed by atoms with Crippen LogP contribution in [-0.2, 0) is 16.4 Å². The second-order valence-electron chi connectivity index (χ2n) is 7.28. The van der Waals surface area contributed by atoms with Crippen LogP contribution < -0.4 is 0 Å². The van der Waals surface area contributed by atoms with Crippen molar-refractivity contribution in [2.45, 2.75) is 25.7 Å². The third kappa shape index (κ3) is 4.28. The van der Waals surface area contributed by atoms with Gasteiger partial charge in [-0.3, -0.25) is 4.98 Å². The number of hydrogen-bond donors (Lipinski definition) is 1. The SMILES string of the molecule is N#CCS(=O)(=O)N1CCC[C@H](CCc2ncccc2-c2cnc3[nH]ccc3n2)C1. The summed E-state index contributed by atoms with van der Waals surface area (Å²) < 4.78 is 25.9. The highest BCUT2D eigenvalue weighted by atomic mass is 32.2. The Labute approximate surface area is 169 Å². The van der Waals surface area contributed by atoms with E-state index in [-0.39, 0.29) is 5.92 Å². The zero-order valence-corrected chi connectivity index (χ0v) is 16.8. The molecular formula is C20H22N6O2S. The molecule has 0 radical (unpaired) electrons. The summed E-state index contributed by atoms with van der Waals surface area (Å²) >= 11 is 0. The molecule has 3 aromatic rings. The minimum Gasteiger partial charge on any atom is -0.345 e. The predicted molar refractivity (Wildman–Crippen MR) is 109 cm³/mol. The lowest BCUT2D eigenvalue weighted by Crippen LogP contribution is -2.41. The summed E-state index contributed by atoms with van der Waals surface area (Å²) in [4.78, 5) is 16.7. The van der Waals surface area contributed by atoms with Crippen LogP contribution in [0.4, 0.5) is 0 Å². The Balaban J connectivity index is 1.49. The van der Waals surface area contributed by atoms with Gasteiger partial charge in [0, 0.05) is 36.7 Å². The van der Waals surface area contributed by atoms with Gasteiger partial charge in [0.15, 0.2) is 11.4 Å². The van der Waals surface area contributed by atoms with Crippen molar-refractivity contribution < 1.29 is 8.42 Å². The minimum absolute atomic E-state index is 0.255. The van der Waals surface area contributed by atoms with Crippen LogP contribution in [-0.4, -0.2) is 51.5 Å². The maximum absolute atomic E-state index is 12.2. The number of pyridine rings is 1. The van der Waals surface area contributed by atoms with Gasteiger partial charge in [-0.15, -0.1) is 0 Å². The van der Waals surface area contributed by atoms with E-state index < -0.39 is 15.8 Å². The number of hydrogen-bond acceptors (Lipinski definition) is 6. The van der Waals surface area contributed by atoms with Crippen LogP contribution in [0.2, 0.25) is 0 Å². The molecule has 1 fully saturated rings. The maximum Gasteiger partial charge on any atom is 0.227 e. The van der Waals surface area contributed by atoms with E-state index in [1.807, 2.05) is 24.4 Å². The molecule has 9 heteroatoms. The van der Waals surface area contributed by atoms with Crippen molar-refractivity contribution in [2.75, 3.05) is 18.8 Å². The van der Waals surface area contributed by atoms with Gasteiger partial charge < -0.3 is 4.98 Å². The number of rotatable bonds is 6. The first-order valence-electron chi connectivity index (χ1n) is 9.66. The van der Waals surface area contributed by atoms with Crippen LogP contribution in [0.5, 0.6) is 0 Å². The van der Waals surface area contributed by atoms with E-state index in [0.717, 1.165) is 53.8 Å². The Morgan fingerprint density at radius 2 is 2.21 bits per heavy atom. The van der Waals surface area contributed by atoms with E-state index in [4.69, 9.17) is 5.26 Å². The number of nitrogens with zero attached hydrogens (tertiary/aromatic N) is 5. The Morgan fingerprint density at radius 1 is 1.31 bits per heavy atom. The molecular weight excluding hydrogens is 388 g/mol. The fraction of sp³-hybridized carbons (Fsp3) is 0.400. The van der Waals surface area contributed by atoms with Crippen LogP contribution in [0.1, 0.15) is 25.0 Å². The summed E-state index contributed by atoms with van der Waals surface area (Å²) in [7, 11) is -3.48. The molecule has 4 heterocycles. The maximum atomic E-state index is 12.2. The molecule has 1 N–H and O–H groups in total. The van der Waals surface area contributed by atoms with Gasteiger partial charge >= 0.3 is 0 Å². The monoisotopic (exact) mass is 410 g/mol. The second kappa shape index (κ2) is 8.27. The fourth-order valence-corrected chi connectivity index (χ4v) is 5.05.